The third kappa shape index (κ3) is 4.86. The van der Waals surface area contributed by atoms with Crippen molar-refractivity contribution in [3.63, 3.8) is 0 Å². The molecule has 176 valence electrons. The van der Waals surface area contributed by atoms with Crippen molar-refractivity contribution in [3.05, 3.63) is 81.9 Å². The molecule has 0 radical (unpaired) electrons. The normalized spacial score (nSPS) is 20.6. The summed E-state index contributed by atoms with van der Waals surface area (Å²) in [6.07, 6.45) is 1.69. The molecule has 1 fully saturated rings. The van der Waals surface area contributed by atoms with Gasteiger partial charge < -0.3 is 5.32 Å². The smallest absolute Gasteiger partial charge is 0.355 e. The summed E-state index contributed by atoms with van der Waals surface area (Å²) >= 11 is 0. The van der Waals surface area contributed by atoms with Crippen LogP contribution in [0.5, 0.6) is 0 Å². The van der Waals surface area contributed by atoms with Gasteiger partial charge >= 0.3 is 6.18 Å². The summed E-state index contributed by atoms with van der Waals surface area (Å²) in [5, 5.41) is 7.15. The van der Waals surface area contributed by atoms with Crippen LogP contribution in [0.4, 0.5) is 18.9 Å². The Morgan fingerprint density at radius 2 is 1.94 bits per heavy atom. The summed E-state index contributed by atoms with van der Waals surface area (Å²) in [6.45, 7) is 5.25. The molecule has 8 heteroatoms. The Morgan fingerprint density at radius 1 is 1.18 bits per heavy atom. The number of hydrogen-bond acceptors (Lipinski definition) is 3. The van der Waals surface area contributed by atoms with Crippen LogP contribution in [0.2, 0.25) is 0 Å². The molecule has 0 amide bonds. The van der Waals surface area contributed by atoms with Gasteiger partial charge in [-0.05, 0) is 67.7 Å². The Morgan fingerprint density at radius 3 is 2.62 bits per heavy atom. The lowest BCUT2D eigenvalue weighted by atomic mass is 10.1. The van der Waals surface area contributed by atoms with Crippen LogP contribution in [0, 0.1) is 0 Å². The quantitative estimate of drug-likeness (QED) is 0.356. The second kappa shape index (κ2) is 9.12. The van der Waals surface area contributed by atoms with E-state index in [1.165, 1.54) is 11.0 Å². The maximum atomic E-state index is 13.0. The number of hydrogen-bond donors (Lipinski definition) is 2. The fraction of sp³-hybridized carbons (Fsp3) is 0.308. The monoisotopic (exact) mass is 483 g/mol. The Balaban J connectivity index is 1.27. The molecule has 1 saturated carbocycles. The van der Waals surface area contributed by atoms with Gasteiger partial charge in [0.25, 0.3) is 0 Å². The Kier molecular flexibility index (Phi) is 6.17. The van der Waals surface area contributed by atoms with Gasteiger partial charge in [-0.25, -0.2) is 4.99 Å². The van der Waals surface area contributed by atoms with E-state index in [1.807, 2.05) is 18.3 Å². The Hall–Kier alpha value is -2.76. The maximum Gasteiger partial charge on any atom is 0.416 e. The molecule has 3 aliphatic rings. The topological polar surface area (TPSA) is 39.4 Å². The minimum atomic E-state index is -4.33. The predicted octanol–water partition coefficient (Wildman–Crippen LogP) is 6.35. The number of allylic oxidation sites excluding steroid dienone is 2. The average molecular weight is 483 g/mol. The lowest BCUT2D eigenvalue weighted by Crippen LogP contribution is -2.34. The van der Waals surface area contributed by atoms with Gasteiger partial charge in [-0.15, -0.1) is 0 Å². The highest BCUT2D eigenvalue weighted by Gasteiger charge is 2.33. The molecule has 0 aromatic heterocycles. The van der Waals surface area contributed by atoms with E-state index in [2.05, 4.69) is 52.4 Å². The minimum absolute atomic E-state index is 0.120. The van der Waals surface area contributed by atoms with E-state index in [0.29, 0.717) is 8.58 Å². The van der Waals surface area contributed by atoms with Gasteiger partial charge in [0.1, 0.15) is 6.54 Å². The highest BCUT2D eigenvalue weighted by Crippen LogP contribution is 2.40. The van der Waals surface area contributed by atoms with Gasteiger partial charge in [-0.1, -0.05) is 24.3 Å². The van der Waals surface area contributed by atoms with E-state index in [0.717, 1.165) is 59.7 Å². The summed E-state index contributed by atoms with van der Waals surface area (Å²) in [4.78, 5) is 4.58. The molecule has 0 saturated heterocycles. The van der Waals surface area contributed by atoms with Gasteiger partial charge in [0.15, 0.2) is 5.70 Å². The van der Waals surface area contributed by atoms with Crippen LogP contribution in [0.15, 0.2) is 70.2 Å². The number of rotatable bonds is 7. The van der Waals surface area contributed by atoms with Crippen LogP contribution in [0.1, 0.15) is 49.4 Å². The van der Waals surface area contributed by atoms with Crippen molar-refractivity contribution in [1.29, 1.82) is 0 Å². The van der Waals surface area contributed by atoms with E-state index in [1.54, 1.807) is 12.1 Å². The summed E-state index contributed by atoms with van der Waals surface area (Å²) in [6, 6.07) is 13.7. The van der Waals surface area contributed by atoms with Crippen molar-refractivity contribution in [2.45, 2.75) is 44.7 Å². The number of alkyl halides is 3. The van der Waals surface area contributed by atoms with Crippen molar-refractivity contribution in [2.75, 3.05) is 11.9 Å². The first-order chi connectivity index (χ1) is 16.3. The second-order valence-electron chi connectivity index (χ2n) is 8.74. The molecule has 2 aliphatic heterocycles. The molecule has 2 aromatic rings. The summed E-state index contributed by atoms with van der Waals surface area (Å²) < 4.78 is 41.1. The van der Waals surface area contributed by atoms with Crippen molar-refractivity contribution < 1.29 is 17.7 Å². The van der Waals surface area contributed by atoms with Crippen LogP contribution in [0.25, 0.3) is 5.70 Å². The van der Waals surface area contributed by atoms with E-state index in [9.17, 15) is 13.2 Å². The van der Waals surface area contributed by atoms with Gasteiger partial charge in [0.05, 0.1) is 11.3 Å². The predicted molar refractivity (Wildman–Crippen MR) is 134 cm³/mol. The Bertz CT molecular complexity index is 1220. The molecule has 0 spiro atoms. The third-order valence-electron chi connectivity index (χ3n) is 6.24. The molecular weight excluding hydrogens is 456 g/mol. The largest absolute Gasteiger partial charge is 0.416 e. The van der Waals surface area contributed by atoms with Crippen LogP contribution < -0.4 is 10.6 Å². The first kappa shape index (κ1) is 23.0. The van der Waals surface area contributed by atoms with Crippen LogP contribution in [0.3, 0.4) is 0 Å². The van der Waals surface area contributed by atoms with Gasteiger partial charge in [0, 0.05) is 32.2 Å². The fourth-order valence-corrected chi connectivity index (χ4v) is 5.62. The van der Waals surface area contributed by atoms with E-state index in [-0.39, 0.29) is 11.8 Å². The number of aliphatic imine (C=N–C) groups is 1. The van der Waals surface area contributed by atoms with E-state index in [4.69, 9.17) is 0 Å². The molecule has 0 bridgehead atoms. The van der Waals surface area contributed by atoms with Gasteiger partial charge in [-0.2, -0.15) is 17.7 Å². The molecule has 2 heterocycles. The zero-order valence-corrected chi connectivity index (χ0v) is 20.1. The number of anilines is 1. The number of nitrogens with zero attached hydrogens (tertiary/aromatic N) is 2. The van der Waals surface area contributed by atoms with Crippen LogP contribution >= 0.6 is 8.58 Å². The second-order valence-corrected chi connectivity index (χ2v) is 10.1. The first-order valence-electron chi connectivity index (χ1n) is 11.5. The summed E-state index contributed by atoms with van der Waals surface area (Å²) in [5.74, 6) is 0.199. The minimum Gasteiger partial charge on any atom is -0.355 e. The molecule has 2 N–H and O–H groups in total. The molecule has 1 aliphatic carbocycles. The maximum absolute atomic E-state index is 13.0. The molecule has 5 rings (SSSR count). The highest BCUT2D eigenvalue weighted by atomic mass is 31.1. The van der Waals surface area contributed by atoms with Gasteiger partial charge in [0.2, 0.25) is 11.7 Å². The van der Waals surface area contributed by atoms with Crippen LogP contribution in [-0.4, -0.2) is 29.3 Å². The van der Waals surface area contributed by atoms with E-state index >= 15 is 0 Å². The standard InChI is InChI=1S/C26H27F3N4P/c1-3-33-15-22-25(33)34-23(14-30-22)31-16(2)19-5-4-6-21(13-19)32-24(17-7-8-17)18-9-11-20(12-10-18)26(27,28)29/h4-6,9-16,23,31-32,34H,3,7-8H2,1-2H3/q+1. The average Bonchev–Trinajstić information content (AvgIpc) is 3.64. The SMILES string of the molecule is CC[N+]1=CC2=C1PC(NC(C)c1cccc(NC(=C3CC3)c3ccc(C(F)(F)F)cc3)c1)C=N2. The molecular formula is C26H27F3N4P+. The molecule has 4 nitrogen and oxygen atoms in total. The summed E-state index contributed by atoms with van der Waals surface area (Å²) in [7, 11) is 0.643. The Labute approximate surface area is 199 Å². The molecule has 3 atom stereocenters. The molecule has 3 unspecified atom stereocenters. The molecule has 34 heavy (non-hydrogen) atoms. The van der Waals surface area contributed by atoms with Gasteiger partial charge in [-0.3, -0.25) is 5.32 Å². The number of benzene rings is 2. The van der Waals surface area contributed by atoms with E-state index < -0.39 is 11.7 Å². The highest BCUT2D eigenvalue weighted by molar-refractivity contribution is 7.44. The first-order valence-corrected chi connectivity index (χ1v) is 12.6. The number of halogens is 3. The fourth-order valence-electron chi connectivity index (χ4n) is 4.18. The van der Waals surface area contributed by atoms with Crippen molar-refractivity contribution in [3.8, 4) is 0 Å². The number of nitrogens with one attached hydrogen (secondary N) is 2. The zero-order valence-electron chi connectivity index (χ0n) is 19.1. The molecule has 2 aromatic carbocycles. The van der Waals surface area contributed by atoms with Crippen molar-refractivity contribution >= 4 is 32.4 Å². The lowest BCUT2D eigenvalue weighted by molar-refractivity contribution is -0.467. The summed E-state index contributed by atoms with van der Waals surface area (Å²) in [5.41, 5.74) is 6.78. The third-order valence-corrected chi connectivity index (χ3v) is 7.69. The zero-order chi connectivity index (χ0) is 23.9. The van der Waals surface area contributed by atoms with Crippen LogP contribution in [-0.2, 0) is 6.18 Å². The van der Waals surface area contributed by atoms with Crippen molar-refractivity contribution in [2.24, 2.45) is 4.99 Å². The van der Waals surface area contributed by atoms with Crippen molar-refractivity contribution in [1.82, 2.24) is 5.32 Å². The lowest BCUT2D eigenvalue weighted by Gasteiger charge is -2.25.